The monoisotopic (exact) mass is 988 g/mol. The maximum absolute atomic E-state index is 9.00. The number of pyridine rings is 2. The fourth-order valence-electron chi connectivity index (χ4n) is 7.97. The normalized spacial score (nSPS) is 13.5. The summed E-state index contributed by atoms with van der Waals surface area (Å²) in [6, 6.07) is 39.1. The Labute approximate surface area is 388 Å². The third kappa shape index (κ3) is 6.98. The van der Waals surface area contributed by atoms with E-state index in [-0.39, 0.29) is 49.0 Å². The number of para-hydroxylation sites is 4. The number of ether oxygens (including phenoxy) is 1. The molecule has 0 aliphatic carbocycles. The molecule has 0 saturated carbocycles. The summed E-state index contributed by atoms with van der Waals surface area (Å²) in [5.74, 6) is 1.47. The molecule has 4 aromatic heterocycles. The molecule has 4 heterocycles. The Bertz CT molecular complexity index is 3860. The van der Waals surface area contributed by atoms with Crippen molar-refractivity contribution in [3.05, 3.63) is 218 Å². The van der Waals surface area contributed by atoms with Crippen molar-refractivity contribution < 1.29 is 44.1 Å². The number of nitrogens with zero attached hydrogens (tertiary/aromatic N) is 5. The number of hydrogen-bond donors (Lipinski definition) is 0. The number of imidazole rings is 1. The van der Waals surface area contributed by atoms with E-state index < -0.39 is 60.4 Å². The Morgan fingerprint density at radius 1 is 0.597 bits per heavy atom. The first-order valence-electron chi connectivity index (χ1n) is 24.5. The summed E-state index contributed by atoms with van der Waals surface area (Å²) in [7, 11) is 0. The fourth-order valence-corrected chi connectivity index (χ4v) is 7.97. The van der Waals surface area contributed by atoms with Gasteiger partial charge in [0.25, 0.3) is 6.33 Å². The summed E-state index contributed by atoms with van der Waals surface area (Å²) in [6.07, 6.45) is 5.26. The first kappa shape index (κ1) is 29.0. The molecule has 0 fully saturated rings. The first-order valence-corrected chi connectivity index (χ1v) is 19.5. The van der Waals surface area contributed by atoms with Gasteiger partial charge >= 0.3 is 0 Å². The molecule has 0 aliphatic rings. The third-order valence-corrected chi connectivity index (χ3v) is 10.5. The summed E-state index contributed by atoms with van der Waals surface area (Å²) in [5.41, 5.74) is 7.36. The van der Waals surface area contributed by atoms with E-state index in [0.717, 1.165) is 44.3 Å². The summed E-state index contributed by atoms with van der Waals surface area (Å²) < 4.78 is 98.8. The van der Waals surface area contributed by atoms with Gasteiger partial charge < -0.3 is 13.9 Å². The van der Waals surface area contributed by atoms with Crippen LogP contribution in [0.2, 0.25) is 0 Å². The molecule has 0 unspecified atom stereocenters. The number of benzene rings is 7. The van der Waals surface area contributed by atoms with Gasteiger partial charge in [0.1, 0.15) is 5.82 Å². The van der Waals surface area contributed by atoms with Crippen molar-refractivity contribution in [1.29, 1.82) is 0 Å². The Morgan fingerprint density at radius 2 is 1.26 bits per heavy atom. The van der Waals surface area contributed by atoms with Crippen molar-refractivity contribution in [3.63, 3.8) is 0 Å². The van der Waals surface area contributed by atoms with Gasteiger partial charge in [0.05, 0.1) is 30.4 Å². The van der Waals surface area contributed by atoms with E-state index >= 15 is 0 Å². The molecule has 0 N–H and O–H groups in total. The summed E-state index contributed by atoms with van der Waals surface area (Å²) >= 11 is 0. The predicted octanol–water partition coefficient (Wildman–Crippen LogP) is 12.6. The molecule has 0 saturated heterocycles. The second kappa shape index (κ2) is 16.2. The van der Waals surface area contributed by atoms with Gasteiger partial charge in [-0.15, -0.1) is 29.7 Å². The van der Waals surface area contributed by atoms with Crippen molar-refractivity contribution in [2.45, 2.75) is 13.8 Å². The number of aryl methyl sites for hydroxylation is 2. The van der Waals surface area contributed by atoms with Gasteiger partial charge in [0.15, 0.2) is 0 Å². The molecule has 0 amide bonds. The maximum atomic E-state index is 9.00. The standard InChI is InChI=1S/C55H37N5O.Pt/c1-37-31-42(32-38(2)57-37)41-27-30-54(56-35-41)60-50-24-10-9-21-48(50)49-29-28-45(34-53(49)60)61-44-20-13-19-43(33-44)58-36-59(52-26-12-11-25-51(52)58)55-46(39-15-5-3-6-16-39)22-14-23-47(55)40-17-7-4-8-18-40;/h3-32,35H,1-2H3;/q-2;/i3D,4D,5D,6D,7D,8D,15D,16D,17D,18D;. The van der Waals surface area contributed by atoms with Crippen LogP contribution in [0, 0.1) is 32.3 Å². The van der Waals surface area contributed by atoms with Crippen LogP contribution in [0.15, 0.2) is 188 Å². The quantitative estimate of drug-likeness (QED) is 0.113. The zero-order valence-corrected chi connectivity index (χ0v) is 35.4. The minimum absolute atomic E-state index is 0. The van der Waals surface area contributed by atoms with Crippen LogP contribution in [-0.2, 0) is 21.1 Å². The SMILES string of the molecule is [2H]c1c([2H])c([2H])c(-c2cccc(-c3c([2H])c([2H])c([2H])c([2H])c3[2H])c2-[n+]2[c-]n(-c3[c-]c(Oc4[c-]c5c(cc4)c4ccccc4n5-c4ccc(-c5cc(C)nc(C)c5)cn4)ccc3)c3ccccc32)c([2H])c1[2H].[Pt]. The van der Waals surface area contributed by atoms with Crippen LogP contribution in [0.1, 0.15) is 25.1 Å². The van der Waals surface area contributed by atoms with Crippen molar-refractivity contribution in [2.24, 2.45) is 0 Å². The van der Waals surface area contributed by atoms with E-state index in [1.54, 1.807) is 51.6 Å². The Balaban J connectivity index is 0.00000596. The van der Waals surface area contributed by atoms with E-state index in [1.807, 2.05) is 86.8 Å². The summed E-state index contributed by atoms with van der Waals surface area (Å²) in [6.45, 7) is 3.95. The molecule has 0 spiro atoms. The Hall–Kier alpha value is -7.40. The molecule has 0 radical (unpaired) electrons. The number of rotatable bonds is 8. The molecule has 6 nitrogen and oxygen atoms in total. The summed E-state index contributed by atoms with van der Waals surface area (Å²) in [4.78, 5) is 9.45. The first-order chi connectivity index (χ1) is 34.2. The van der Waals surface area contributed by atoms with Crippen molar-refractivity contribution >= 4 is 32.8 Å². The zero-order chi connectivity index (χ0) is 49.6. The van der Waals surface area contributed by atoms with Gasteiger partial charge in [-0.25, -0.2) is 4.98 Å². The molecular weight excluding hydrogens is 942 g/mol. The van der Waals surface area contributed by atoms with Gasteiger partial charge in [-0.3, -0.25) is 9.55 Å². The number of fused-ring (bicyclic) bond motifs is 4. The fraction of sp³-hybridized carbons (Fsp3) is 0.0364. The predicted molar refractivity (Wildman–Crippen MR) is 244 cm³/mol. The van der Waals surface area contributed by atoms with E-state index in [1.165, 1.54) is 0 Å². The van der Waals surface area contributed by atoms with Crippen molar-refractivity contribution in [3.8, 4) is 62.1 Å². The van der Waals surface area contributed by atoms with Crippen LogP contribution in [0.25, 0.3) is 83.4 Å². The van der Waals surface area contributed by atoms with Crippen LogP contribution >= 0.6 is 0 Å². The molecule has 0 aliphatic heterocycles. The van der Waals surface area contributed by atoms with Gasteiger partial charge in [-0.2, -0.15) is 18.2 Å². The van der Waals surface area contributed by atoms with Gasteiger partial charge in [0.2, 0.25) is 0 Å². The van der Waals surface area contributed by atoms with Crippen LogP contribution in [-0.4, -0.2) is 19.1 Å². The second-order valence-electron chi connectivity index (χ2n) is 14.4. The van der Waals surface area contributed by atoms with Crippen LogP contribution < -0.4 is 9.30 Å². The Morgan fingerprint density at radius 3 is 1.97 bits per heavy atom. The minimum Gasteiger partial charge on any atom is -0.510 e. The van der Waals surface area contributed by atoms with E-state index in [2.05, 4.69) is 40.1 Å². The number of hydrogen-bond acceptors (Lipinski definition) is 3. The molecular formula is C55H37N5OPt-2. The maximum Gasteiger partial charge on any atom is 0.268 e. The molecule has 300 valence electrons. The van der Waals surface area contributed by atoms with Crippen molar-refractivity contribution in [2.75, 3.05) is 0 Å². The topological polar surface area (TPSA) is 48.8 Å². The molecule has 7 aromatic carbocycles. The molecule has 11 rings (SSSR count). The largest absolute Gasteiger partial charge is 0.510 e. The average Bonchev–Trinajstić information content (AvgIpc) is 3.92. The Kier molecular flexibility index (Phi) is 7.58. The van der Waals surface area contributed by atoms with E-state index in [4.69, 9.17) is 23.4 Å². The summed E-state index contributed by atoms with van der Waals surface area (Å²) in [5, 5.41) is 1.98. The van der Waals surface area contributed by atoms with Gasteiger partial charge in [0, 0.05) is 61.2 Å². The molecule has 0 bridgehead atoms. The minimum atomic E-state index is -0.574. The molecule has 0 atom stereocenters. The van der Waals surface area contributed by atoms with Gasteiger partial charge in [-0.05, 0) is 83.1 Å². The number of aromatic nitrogens is 5. The van der Waals surface area contributed by atoms with Crippen LogP contribution in [0.4, 0.5) is 0 Å². The second-order valence-corrected chi connectivity index (χ2v) is 14.4. The van der Waals surface area contributed by atoms with E-state index in [9.17, 15) is 0 Å². The average molecular weight is 989 g/mol. The van der Waals surface area contributed by atoms with Crippen molar-refractivity contribution in [1.82, 2.24) is 19.1 Å². The zero-order valence-electron chi connectivity index (χ0n) is 43.1. The van der Waals surface area contributed by atoms with Crippen LogP contribution in [0.3, 0.4) is 0 Å². The molecule has 62 heavy (non-hydrogen) atoms. The van der Waals surface area contributed by atoms with E-state index in [0.29, 0.717) is 34.0 Å². The molecule has 11 aromatic rings. The third-order valence-electron chi connectivity index (χ3n) is 10.5. The van der Waals surface area contributed by atoms with Gasteiger partial charge in [-0.1, -0.05) is 127 Å². The van der Waals surface area contributed by atoms with Crippen LogP contribution in [0.5, 0.6) is 11.5 Å². The molecule has 7 heteroatoms. The smallest absolute Gasteiger partial charge is 0.268 e.